The molecule has 1 radical (unpaired) electrons. The van der Waals surface area contributed by atoms with E-state index in [4.69, 9.17) is 17.2 Å². The van der Waals surface area contributed by atoms with Gasteiger partial charge in [-0.3, -0.25) is 24.0 Å². The third-order valence-electron chi connectivity index (χ3n) is 16.0. The van der Waals surface area contributed by atoms with Gasteiger partial charge in [0.25, 0.3) is 0 Å². The molecule has 0 fully saturated rings. The van der Waals surface area contributed by atoms with Crippen molar-refractivity contribution in [3.05, 3.63) is 241 Å². The summed E-state index contributed by atoms with van der Waals surface area (Å²) in [6.07, 6.45) is -0.454. The van der Waals surface area contributed by atoms with Crippen molar-refractivity contribution in [1.29, 1.82) is 0 Å². The molecule has 521 valence electrons. The maximum atomic E-state index is 13.3. The van der Waals surface area contributed by atoms with E-state index in [1.807, 2.05) is 166 Å². The van der Waals surface area contributed by atoms with Crippen LogP contribution >= 0.6 is 0 Å². The largest absolute Gasteiger partial charge is 0.488 e. The molecule has 0 saturated heterocycles. The van der Waals surface area contributed by atoms with Crippen LogP contribution in [0.15, 0.2) is 158 Å². The number of carbonyl (C=O) groups is 5. The van der Waals surface area contributed by atoms with Crippen LogP contribution in [0.5, 0.6) is 0 Å². The average molecular weight is 1360 g/mol. The van der Waals surface area contributed by atoms with E-state index in [-0.39, 0.29) is 57.9 Å². The molecule has 101 heavy (non-hydrogen) atoms. The summed E-state index contributed by atoms with van der Waals surface area (Å²) >= 11 is 0. The third-order valence-corrected chi connectivity index (χ3v) is 16.0. The smallest absolute Gasteiger partial charge is 0.450 e. The Bertz CT molecular complexity index is 4100. The Morgan fingerprint density at radius 3 is 1.10 bits per heavy atom. The molecule has 25 heteroatoms. The highest BCUT2D eigenvalue weighted by atomic mass is 16.4. The molecule has 22 nitrogen and oxygen atoms in total. The molecule has 5 amide bonds. The van der Waals surface area contributed by atoms with Crippen molar-refractivity contribution in [2.45, 2.75) is 96.3 Å². The monoisotopic (exact) mass is 1360 g/mol. The van der Waals surface area contributed by atoms with Gasteiger partial charge in [0.1, 0.15) is 0 Å². The van der Waals surface area contributed by atoms with Crippen LogP contribution < -0.4 is 65.5 Å². The molecule has 17 N–H and O–H groups in total. The van der Waals surface area contributed by atoms with E-state index in [0.29, 0.717) is 104 Å². The lowest BCUT2D eigenvalue weighted by Crippen LogP contribution is -2.43. The second-order valence-electron chi connectivity index (χ2n) is 25.3. The predicted octanol–water partition coefficient (Wildman–Crippen LogP) is -0.396. The number of nitrogens with two attached hydrogens (primary N) is 3. The van der Waals surface area contributed by atoms with E-state index in [0.717, 1.165) is 35.3 Å². The fourth-order valence-electron chi connectivity index (χ4n) is 10.7. The van der Waals surface area contributed by atoms with Crippen molar-refractivity contribution >= 4 is 67.6 Å². The van der Waals surface area contributed by atoms with E-state index in [9.17, 15) is 49.1 Å². The van der Waals surface area contributed by atoms with E-state index < -0.39 is 56.0 Å². The predicted molar refractivity (Wildman–Crippen MR) is 395 cm³/mol. The van der Waals surface area contributed by atoms with Crippen LogP contribution in [0, 0.1) is 35.5 Å². The summed E-state index contributed by atoms with van der Waals surface area (Å²) in [6, 6.07) is 40.4. The van der Waals surface area contributed by atoms with Crippen LogP contribution in [0.1, 0.15) is 103 Å². The van der Waals surface area contributed by atoms with Gasteiger partial charge in [0.2, 0.25) is 29.5 Å². The van der Waals surface area contributed by atoms with Gasteiger partial charge in [-0.15, -0.1) is 0 Å². The molecule has 3 unspecified atom stereocenters. The van der Waals surface area contributed by atoms with Crippen LogP contribution in [0.2, 0.25) is 0 Å². The number of hydrogen-bond donors (Lipinski definition) is 14. The molecule has 0 aliphatic carbocycles. The Labute approximate surface area is 593 Å². The van der Waals surface area contributed by atoms with Crippen molar-refractivity contribution in [3.8, 4) is 35.5 Å². The molecule has 0 saturated carbocycles. The number of rotatable bonds is 31. The van der Waals surface area contributed by atoms with Crippen LogP contribution in [0.3, 0.4) is 0 Å². The Morgan fingerprint density at radius 1 is 0.416 bits per heavy atom. The molecule has 3 atom stereocenters. The molecule has 7 aromatic rings. The first-order valence-corrected chi connectivity index (χ1v) is 32.8. The van der Waals surface area contributed by atoms with Crippen molar-refractivity contribution in [2.75, 3.05) is 42.3 Å². The Morgan fingerprint density at radius 2 is 0.743 bits per heavy atom. The van der Waals surface area contributed by atoms with Gasteiger partial charge in [-0.1, -0.05) is 151 Å². The highest BCUT2D eigenvalue weighted by Gasteiger charge is 2.23. The van der Waals surface area contributed by atoms with Gasteiger partial charge in [0.05, 0.1) is 31.0 Å². The van der Waals surface area contributed by atoms with Crippen LogP contribution in [0.4, 0.5) is 0 Å². The lowest BCUT2D eigenvalue weighted by Gasteiger charge is -2.17. The van der Waals surface area contributed by atoms with Gasteiger partial charge in [0.15, 0.2) is 0 Å². The van der Waals surface area contributed by atoms with Crippen LogP contribution in [-0.4, -0.2) is 151 Å². The molecule has 0 bridgehead atoms. The summed E-state index contributed by atoms with van der Waals surface area (Å²) in [5, 5.41) is 67.2. The molecule has 0 aliphatic rings. The first-order chi connectivity index (χ1) is 48.3. The summed E-state index contributed by atoms with van der Waals surface area (Å²) in [5.41, 5.74) is 31.0. The highest BCUT2D eigenvalue weighted by Crippen LogP contribution is 2.17. The van der Waals surface area contributed by atoms with Gasteiger partial charge in [-0.2, -0.15) is 0 Å². The van der Waals surface area contributed by atoms with Crippen LogP contribution in [0.25, 0.3) is 0 Å². The molecule has 7 rings (SSSR count). The first kappa shape index (κ1) is 78.2. The van der Waals surface area contributed by atoms with Gasteiger partial charge >= 0.3 is 21.7 Å². The highest BCUT2D eigenvalue weighted by molar-refractivity contribution is 6.59. The van der Waals surface area contributed by atoms with E-state index in [1.165, 1.54) is 0 Å². The SMILES string of the molecule is C=C(CC(N)C(=O)NCc1ccc(CN(C)C)c([B]O)c1)NCc1ccccc1C#Cc1cc(C#Cc2ccccc2CNC(=O)CC(N)C(=O)NCc2ccc(CN(C)C)c(B(O)O)c2)cc(C#Cc2ccccc2CNC(=O)CC(N)C(=O)NCc2ccc(CN(C)C)c(B(O)O)c2)c1. The quantitative estimate of drug-likeness (QED) is 0.0194. The molecule has 0 aliphatic heterocycles. The maximum absolute atomic E-state index is 13.3. The molecule has 0 spiro atoms. The van der Waals surface area contributed by atoms with Crippen molar-refractivity contribution < 1.29 is 49.1 Å². The number of hydrogen-bond acceptors (Lipinski definition) is 17. The second kappa shape index (κ2) is 39.0. The van der Waals surface area contributed by atoms with Gasteiger partial charge in [-0.05, 0) is 145 Å². The molecule has 0 aromatic heterocycles. The Kier molecular flexibility index (Phi) is 30.2. The van der Waals surface area contributed by atoms with E-state index in [2.05, 4.69) is 74.0 Å². The molecule has 7 aromatic carbocycles. The summed E-state index contributed by atoms with van der Waals surface area (Å²) < 4.78 is 0. The zero-order valence-corrected chi connectivity index (χ0v) is 57.9. The minimum Gasteiger partial charge on any atom is -0.450 e. The second-order valence-corrected chi connectivity index (χ2v) is 25.3. The zero-order chi connectivity index (χ0) is 73.1. The normalized spacial score (nSPS) is 11.7. The number of nitrogens with one attached hydrogen (secondary N) is 6. The van der Waals surface area contributed by atoms with E-state index >= 15 is 0 Å². The molecule has 0 heterocycles. The minimum atomic E-state index is -1.70. The van der Waals surface area contributed by atoms with Gasteiger partial charge in [0, 0.05) is 104 Å². The average Bonchev–Trinajstić information content (AvgIpc) is 0.876. The molecular formula is C76H88B3N12O10. The summed E-state index contributed by atoms with van der Waals surface area (Å²) in [6.45, 7) is 6.56. The van der Waals surface area contributed by atoms with Crippen molar-refractivity contribution in [3.63, 3.8) is 0 Å². The lowest BCUT2D eigenvalue weighted by molar-refractivity contribution is -0.127. The topological polar surface area (TPSA) is 346 Å². The van der Waals surface area contributed by atoms with Crippen molar-refractivity contribution in [2.24, 2.45) is 17.2 Å². The fraction of sp³-hybridized carbons (Fsp3) is 0.276. The minimum absolute atomic E-state index is 0.0522. The fourth-order valence-corrected chi connectivity index (χ4v) is 10.7. The Balaban J connectivity index is 1.05. The van der Waals surface area contributed by atoms with E-state index in [1.54, 1.807) is 36.4 Å². The van der Waals surface area contributed by atoms with Crippen LogP contribution in [-0.2, 0) is 82.9 Å². The number of carbonyl (C=O) groups excluding carboxylic acids is 5. The standard InChI is InChI=1S/C76H88B3N12O10/c1-50(32-69(80)74(94)86-41-54-23-29-63(47-89(2)3)66(36-54)77-97)83-44-60-17-11-8-14-57(60)26-20-51-33-52(21-27-58-15-9-12-18-61(58)45-84-72(92)39-70(81)75(95)87-42-55-24-30-64(48-90(4)5)67(37-55)78(98)99)35-53(34-51)22-28-59-16-10-13-19-62(59)46-85-73(93)40-71(82)76(96)88-43-56-25-31-65(49-91(6)7)68(38-56)79(100)101/h8-19,23-25,29-31,33-38,69-71,83,97-101H,1,32,39-49,80-82H2,2-7H3,(H,84,92)(H,85,93)(H,86,94)(H,87,95)(H,88,96). The third kappa shape index (κ3) is 25.5. The summed E-state index contributed by atoms with van der Waals surface area (Å²) in [7, 11) is 9.00. The number of amides is 5. The molecular weight excluding hydrogens is 1270 g/mol. The first-order valence-electron chi connectivity index (χ1n) is 32.8. The Hall–Kier alpha value is -10.1. The van der Waals surface area contributed by atoms with Crippen molar-refractivity contribution in [1.82, 2.24) is 46.6 Å². The summed E-state index contributed by atoms with van der Waals surface area (Å²) in [4.78, 5) is 71.6. The number of benzene rings is 7. The number of nitrogens with zero attached hydrogens (tertiary/aromatic N) is 3. The van der Waals surface area contributed by atoms with Gasteiger partial charge < -0.3 is 88.9 Å². The van der Waals surface area contributed by atoms with Gasteiger partial charge in [-0.25, -0.2) is 0 Å². The maximum Gasteiger partial charge on any atom is 0.488 e. The lowest BCUT2D eigenvalue weighted by atomic mass is 9.76. The zero-order valence-electron chi connectivity index (χ0n) is 57.9. The summed E-state index contributed by atoms with van der Waals surface area (Å²) in [5.74, 6) is 17.3.